The van der Waals surface area contributed by atoms with Crippen LogP contribution < -0.4 is 19.7 Å². The Morgan fingerprint density at radius 1 is 1.16 bits per heavy atom. The second-order valence-corrected chi connectivity index (χ2v) is 7.80. The molecule has 3 aromatic rings. The highest BCUT2D eigenvalue weighted by atomic mass is 16.6. The van der Waals surface area contributed by atoms with E-state index in [1.54, 1.807) is 17.0 Å². The summed E-state index contributed by atoms with van der Waals surface area (Å²) in [4.78, 5) is 31.9. The molecule has 31 heavy (non-hydrogen) atoms. The standard InChI is InChI=1S/C23H24N4O4/c1-2-9-26-18-6-4-3-5-17(18)24-23(26)25-22(29)15-12-21(28)27(14-15)16-7-8-19-20(13-16)31-11-10-30-19/h3-8,13,15H,2,9-12,14H2,1H3,(H,24,25,29)/t15-/m0/s1. The van der Waals surface area contributed by atoms with Crippen molar-refractivity contribution in [2.75, 3.05) is 30.0 Å². The van der Waals surface area contributed by atoms with Gasteiger partial charge in [0, 0.05) is 31.3 Å². The highest BCUT2D eigenvalue weighted by Crippen LogP contribution is 2.36. The number of hydrogen-bond donors (Lipinski definition) is 1. The van der Waals surface area contributed by atoms with Crippen molar-refractivity contribution in [1.82, 2.24) is 9.55 Å². The number of carbonyl (C=O) groups excluding carboxylic acids is 2. The number of fused-ring (bicyclic) bond motifs is 2. The van der Waals surface area contributed by atoms with Crippen molar-refractivity contribution >= 4 is 34.5 Å². The van der Waals surface area contributed by atoms with E-state index < -0.39 is 5.92 Å². The van der Waals surface area contributed by atoms with Crippen LogP contribution in [0.1, 0.15) is 19.8 Å². The van der Waals surface area contributed by atoms with E-state index >= 15 is 0 Å². The van der Waals surface area contributed by atoms with Crippen molar-refractivity contribution in [1.29, 1.82) is 0 Å². The van der Waals surface area contributed by atoms with Crippen molar-refractivity contribution < 1.29 is 19.1 Å². The van der Waals surface area contributed by atoms with Gasteiger partial charge in [0.25, 0.3) is 0 Å². The second-order valence-electron chi connectivity index (χ2n) is 7.80. The van der Waals surface area contributed by atoms with Gasteiger partial charge in [-0.3, -0.25) is 14.9 Å². The van der Waals surface area contributed by atoms with Crippen molar-refractivity contribution in [2.45, 2.75) is 26.3 Å². The quantitative estimate of drug-likeness (QED) is 0.685. The topological polar surface area (TPSA) is 85.7 Å². The predicted molar refractivity (Wildman–Crippen MR) is 117 cm³/mol. The zero-order chi connectivity index (χ0) is 21.4. The maximum absolute atomic E-state index is 13.0. The van der Waals surface area contributed by atoms with Crippen molar-refractivity contribution in [3.8, 4) is 11.5 Å². The fourth-order valence-corrected chi connectivity index (χ4v) is 4.17. The number of benzene rings is 2. The molecule has 0 saturated carbocycles. The summed E-state index contributed by atoms with van der Waals surface area (Å²) in [5.41, 5.74) is 2.54. The minimum absolute atomic E-state index is 0.0844. The third-order valence-electron chi connectivity index (χ3n) is 5.67. The van der Waals surface area contributed by atoms with Crippen LogP contribution in [0.5, 0.6) is 11.5 Å². The number of carbonyl (C=O) groups is 2. The molecular weight excluding hydrogens is 396 g/mol. The smallest absolute Gasteiger partial charge is 0.232 e. The SMILES string of the molecule is CCCn1c(NC(=O)[C@H]2CC(=O)N(c3ccc4c(c3)OCCO4)C2)nc2ccccc21. The molecule has 1 fully saturated rings. The van der Waals surface area contributed by atoms with Crippen LogP contribution in [0.4, 0.5) is 11.6 Å². The number of imidazole rings is 1. The summed E-state index contributed by atoms with van der Waals surface area (Å²) in [6.07, 6.45) is 1.08. The molecule has 0 aliphatic carbocycles. The third-order valence-corrected chi connectivity index (χ3v) is 5.67. The lowest BCUT2D eigenvalue weighted by atomic mass is 10.1. The van der Waals surface area contributed by atoms with Gasteiger partial charge in [0.05, 0.1) is 17.0 Å². The Balaban J connectivity index is 1.34. The molecule has 0 spiro atoms. The van der Waals surface area contributed by atoms with Gasteiger partial charge >= 0.3 is 0 Å². The number of nitrogens with one attached hydrogen (secondary N) is 1. The minimum Gasteiger partial charge on any atom is -0.486 e. The average Bonchev–Trinajstić information content (AvgIpc) is 3.34. The summed E-state index contributed by atoms with van der Waals surface area (Å²) in [5, 5.41) is 2.96. The number of ether oxygens (including phenoxy) is 2. The minimum atomic E-state index is -0.449. The van der Waals surface area contributed by atoms with E-state index in [9.17, 15) is 9.59 Å². The Labute approximate surface area is 179 Å². The number of amides is 2. The van der Waals surface area contributed by atoms with E-state index in [1.807, 2.05) is 34.9 Å². The normalized spacial score (nSPS) is 17.9. The van der Waals surface area contributed by atoms with Gasteiger partial charge in [0.15, 0.2) is 11.5 Å². The van der Waals surface area contributed by atoms with Crippen LogP contribution in [0.3, 0.4) is 0 Å². The fourth-order valence-electron chi connectivity index (χ4n) is 4.17. The molecule has 1 aromatic heterocycles. The molecule has 2 amide bonds. The van der Waals surface area contributed by atoms with Crippen molar-refractivity contribution in [2.24, 2.45) is 5.92 Å². The van der Waals surface area contributed by atoms with Gasteiger partial charge in [0.1, 0.15) is 13.2 Å². The number of anilines is 2. The second kappa shape index (κ2) is 7.94. The molecule has 8 nitrogen and oxygen atoms in total. The monoisotopic (exact) mass is 420 g/mol. The predicted octanol–water partition coefficient (Wildman–Crippen LogP) is 3.21. The summed E-state index contributed by atoms with van der Waals surface area (Å²) >= 11 is 0. The van der Waals surface area contributed by atoms with Gasteiger partial charge in [-0.15, -0.1) is 0 Å². The largest absolute Gasteiger partial charge is 0.486 e. The van der Waals surface area contributed by atoms with Crippen LogP contribution in [0.2, 0.25) is 0 Å². The van der Waals surface area contributed by atoms with E-state index in [0.717, 1.165) is 24.0 Å². The summed E-state index contributed by atoms with van der Waals surface area (Å²) in [6.45, 7) is 4.15. The van der Waals surface area contributed by atoms with Crippen LogP contribution in [-0.4, -0.2) is 41.1 Å². The van der Waals surface area contributed by atoms with E-state index in [2.05, 4.69) is 17.2 Å². The summed E-state index contributed by atoms with van der Waals surface area (Å²) in [6, 6.07) is 13.2. The van der Waals surface area contributed by atoms with Gasteiger partial charge in [0.2, 0.25) is 17.8 Å². The first-order valence-electron chi connectivity index (χ1n) is 10.6. The summed E-state index contributed by atoms with van der Waals surface area (Å²) < 4.78 is 13.2. The van der Waals surface area contributed by atoms with Gasteiger partial charge in [-0.1, -0.05) is 19.1 Å². The van der Waals surface area contributed by atoms with Crippen LogP contribution in [0.15, 0.2) is 42.5 Å². The number of para-hydroxylation sites is 2. The van der Waals surface area contributed by atoms with Gasteiger partial charge in [-0.25, -0.2) is 4.98 Å². The number of rotatable bonds is 5. The zero-order valence-corrected chi connectivity index (χ0v) is 17.3. The lowest BCUT2D eigenvalue weighted by Gasteiger charge is -2.22. The molecule has 1 N–H and O–H groups in total. The molecule has 2 aliphatic rings. The van der Waals surface area contributed by atoms with Crippen molar-refractivity contribution in [3.63, 3.8) is 0 Å². The van der Waals surface area contributed by atoms with E-state index in [-0.39, 0.29) is 18.2 Å². The molecule has 1 atom stereocenters. The van der Waals surface area contributed by atoms with E-state index in [1.165, 1.54) is 0 Å². The third kappa shape index (κ3) is 3.58. The Morgan fingerprint density at radius 3 is 2.81 bits per heavy atom. The first kappa shape index (κ1) is 19.4. The molecule has 0 unspecified atom stereocenters. The van der Waals surface area contributed by atoms with Crippen LogP contribution >= 0.6 is 0 Å². The molecule has 1 saturated heterocycles. The molecule has 0 radical (unpaired) electrons. The maximum Gasteiger partial charge on any atom is 0.232 e. The Kier molecular flexibility index (Phi) is 4.97. The maximum atomic E-state index is 13.0. The fraction of sp³-hybridized carbons (Fsp3) is 0.348. The first-order chi connectivity index (χ1) is 15.1. The van der Waals surface area contributed by atoms with Crippen LogP contribution in [0, 0.1) is 5.92 Å². The Hall–Kier alpha value is -3.55. The van der Waals surface area contributed by atoms with E-state index in [4.69, 9.17) is 9.47 Å². The van der Waals surface area contributed by atoms with Crippen LogP contribution in [0.25, 0.3) is 11.0 Å². The van der Waals surface area contributed by atoms with Crippen molar-refractivity contribution in [3.05, 3.63) is 42.5 Å². The highest BCUT2D eigenvalue weighted by molar-refractivity contribution is 6.03. The van der Waals surface area contributed by atoms with Gasteiger partial charge < -0.3 is 18.9 Å². The first-order valence-corrected chi connectivity index (χ1v) is 10.6. The molecule has 2 aromatic carbocycles. The summed E-state index contributed by atoms with van der Waals surface area (Å²) in [5.74, 6) is 1.09. The lowest BCUT2D eigenvalue weighted by molar-refractivity contribution is -0.122. The number of aryl methyl sites for hydroxylation is 1. The Bertz CT molecular complexity index is 1160. The molecule has 3 heterocycles. The molecule has 8 heteroatoms. The Morgan fingerprint density at radius 2 is 1.97 bits per heavy atom. The summed E-state index contributed by atoms with van der Waals surface area (Å²) in [7, 11) is 0. The van der Waals surface area contributed by atoms with E-state index in [0.29, 0.717) is 42.9 Å². The highest BCUT2D eigenvalue weighted by Gasteiger charge is 2.36. The zero-order valence-electron chi connectivity index (χ0n) is 17.3. The molecule has 160 valence electrons. The number of nitrogens with zero attached hydrogens (tertiary/aromatic N) is 3. The van der Waals surface area contributed by atoms with Crippen LogP contribution in [-0.2, 0) is 16.1 Å². The molecule has 5 rings (SSSR count). The number of hydrogen-bond acceptors (Lipinski definition) is 5. The number of aromatic nitrogens is 2. The average molecular weight is 420 g/mol. The lowest BCUT2D eigenvalue weighted by Crippen LogP contribution is -2.29. The van der Waals surface area contributed by atoms with Gasteiger partial charge in [-0.05, 0) is 30.7 Å². The van der Waals surface area contributed by atoms with Gasteiger partial charge in [-0.2, -0.15) is 0 Å². The molecule has 2 aliphatic heterocycles. The molecule has 0 bridgehead atoms. The molecular formula is C23H24N4O4.